The summed E-state index contributed by atoms with van der Waals surface area (Å²) in [6, 6.07) is 0. The molecule has 4 nitrogen and oxygen atoms in total. The summed E-state index contributed by atoms with van der Waals surface area (Å²) in [4.78, 5) is 15.9. The third-order valence-electron chi connectivity index (χ3n) is 4.12. The predicted molar refractivity (Wildman–Crippen MR) is 107 cm³/mol. The van der Waals surface area contributed by atoms with Crippen LogP contribution in [0.25, 0.3) is 0 Å². The summed E-state index contributed by atoms with van der Waals surface area (Å²) in [6.07, 6.45) is 3.74. The molecule has 2 aliphatic heterocycles. The largest absolute Gasteiger partial charge is 0.340 e. The van der Waals surface area contributed by atoms with Gasteiger partial charge >= 0.3 is 0 Å². The summed E-state index contributed by atoms with van der Waals surface area (Å²) in [5, 5.41) is 0. The molecule has 4 heteroatoms. The Labute approximate surface area is 152 Å². The molecule has 0 radical (unpaired) electrons. The maximum atomic E-state index is 11.4. The Kier molecular flexibility index (Phi) is 15.7. The summed E-state index contributed by atoms with van der Waals surface area (Å²) in [6.45, 7) is 22.4. The first kappa shape index (κ1) is 25.6. The summed E-state index contributed by atoms with van der Waals surface area (Å²) in [5.74, 6) is 0.862. The zero-order valence-corrected chi connectivity index (χ0v) is 17.8. The van der Waals surface area contributed by atoms with E-state index in [0.29, 0.717) is 5.41 Å². The zero-order chi connectivity index (χ0) is 19.2. The first-order chi connectivity index (χ1) is 11.5. The zero-order valence-electron chi connectivity index (χ0n) is 17.8. The molecular formula is C20H45N3O. The second kappa shape index (κ2) is 14.7. The standard InChI is InChI=1S/C13H25N3O.C3H8.2C2H6/c1-11(2)8-15-5-3-13(4-6-15)9-16(10-13)12(17)7-14;1-3-2;2*1-2/h11H,3-10,14H2,1-2H3;3H2,1-2H3;2*1-2H3. The molecule has 0 saturated carbocycles. The highest BCUT2D eigenvalue weighted by Crippen LogP contribution is 2.40. The summed E-state index contributed by atoms with van der Waals surface area (Å²) in [7, 11) is 0. The number of piperidine rings is 1. The molecule has 1 amide bonds. The fraction of sp³-hybridized carbons (Fsp3) is 0.950. The van der Waals surface area contributed by atoms with E-state index in [2.05, 4.69) is 32.6 Å². The smallest absolute Gasteiger partial charge is 0.236 e. The average molecular weight is 344 g/mol. The van der Waals surface area contributed by atoms with Crippen molar-refractivity contribution in [2.45, 2.75) is 74.7 Å². The Hall–Kier alpha value is -0.610. The van der Waals surface area contributed by atoms with Crippen LogP contribution in [-0.2, 0) is 4.79 Å². The quantitative estimate of drug-likeness (QED) is 0.843. The molecule has 2 heterocycles. The third-order valence-corrected chi connectivity index (χ3v) is 4.12. The lowest BCUT2D eigenvalue weighted by molar-refractivity contribution is -0.145. The summed E-state index contributed by atoms with van der Waals surface area (Å²) in [5.41, 5.74) is 5.81. The van der Waals surface area contributed by atoms with E-state index in [4.69, 9.17) is 5.73 Å². The first-order valence-electron chi connectivity index (χ1n) is 10.2. The van der Waals surface area contributed by atoms with Gasteiger partial charge in [0.2, 0.25) is 5.91 Å². The van der Waals surface area contributed by atoms with Crippen LogP contribution in [0.5, 0.6) is 0 Å². The topological polar surface area (TPSA) is 49.6 Å². The van der Waals surface area contributed by atoms with E-state index in [1.54, 1.807) is 0 Å². The molecule has 2 N–H and O–H groups in total. The fourth-order valence-corrected chi connectivity index (χ4v) is 3.11. The molecule has 146 valence electrons. The van der Waals surface area contributed by atoms with Gasteiger partial charge in [-0.25, -0.2) is 0 Å². The predicted octanol–water partition coefficient (Wildman–Crippen LogP) is 3.99. The van der Waals surface area contributed by atoms with Crippen molar-refractivity contribution in [3.8, 4) is 0 Å². The van der Waals surface area contributed by atoms with Gasteiger partial charge < -0.3 is 15.5 Å². The molecule has 0 aromatic carbocycles. The Morgan fingerprint density at radius 3 is 1.79 bits per heavy atom. The number of hydrogen-bond donors (Lipinski definition) is 1. The van der Waals surface area contributed by atoms with E-state index in [1.807, 2.05) is 32.6 Å². The molecular weight excluding hydrogens is 298 g/mol. The van der Waals surface area contributed by atoms with E-state index in [-0.39, 0.29) is 12.5 Å². The van der Waals surface area contributed by atoms with E-state index >= 15 is 0 Å². The number of amides is 1. The van der Waals surface area contributed by atoms with Gasteiger partial charge in [-0.1, -0.05) is 61.8 Å². The van der Waals surface area contributed by atoms with Crippen LogP contribution in [0, 0.1) is 11.3 Å². The summed E-state index contributed by atoms with van der Waals surface area (Å²) < 4.78 is 0. The highest BCUT2D eigenvalue weighted by atomic mass is 16.2. The first-order valence-corrected chi connectivity index (χ1v) is 10.2. The van der Waals surface area contributed by atoms with Crippen LogP contribution in [0.1, 0.15) is 74.7 Å². The number of nitrogens with two attached hydrogens (primary N) is 1. The highest BCUT2D eigenvalue weighted by molar-refractivity contribution is 5.79. The summed E-state index contributed by atoms with van der Waals surface area (Å²) >= 11 is 0. The highest BCUT2D eigenvalue weighted by Gasteiger charge is 2.46. The van der Waals surface area contributed by atoms with Crippen molar-refractivity contribution in [1.29, 1.82) is 0 Å². The Bertz CT molecular complexity index is 289. The number of likely N-dealkylation sites (tertiary alicyclic amines) is 2. The fourth-order valence-electron chi connectivity index (χ4n) is 3.11. The molecule has 2 saturated heterocycles. The molecule has 24 heavy (non-hydrogen) atoms. The molecule has 1 spiro atoms. The van der Waals surface area contributed by atoms with Gasteiger partial charge in [-0.15, -0.1) is 0 Å². The number of carbonyl (C=O) groups is 1. The van der Waals surface area contributed by atoms with Crippen LogP contribution in [0.3, 0.4) is 0 Å². The van der Waals surface area contributed by atoms with Gasteiger partial charge in [-0.3, -0.25) is 4.79 Å². The molecule has 0 bridgehead atoms. The van der Waals surface area contributed by atoms with Gasteiger partial charge in [0.15, 0.2) is 0 Å². The minimum Gasteiger partial charge on any atom is -0.340 e. The Morgan fingerprint density at radius 1 is 1.04 bits per heavy atom. The number of rotatable bonds is 3. The van der Waals surface area contributed by atoms with Gasteiger partial charge in [-0.2, -0.15) is 0 Å². The molecule has 0 atom stereocenters. The number of nitrogens with zero attached hydrogens (tertiary/aromatic N) is 2. The van der Waals surface area contributed by atoms with E-state index in [1.165, 1.54) is 38.9 Å². The maximum absolute atomic E-state index is 11.4. The molecule has 0 aliphatic carbocycles. The van der Waals surface area contributed by atoms with Crippen molar-refractivity contribution in [3.05, 3.63) is 0 Å². The van der Waals surface area contributed by atoms with Crippen LogP contribution in [0.4, 0.5) is 0 Å². The van der Waals surface area contributed by atoms with Gasteiger partial charge in [0.25, 0.3) is 0 Å². The lowest BCUT2D eigenvalue weighted by Gasteiger charge is -2.54. The van der Waals surface area contributed by atoms with Crippen molar-refractivity contribution in [1.82, 2.24) is 9.80 Å². The van der Waals surface area contributed by atoms with E-state index in [9.17, 15) is 4.79 Å². The number of hydrogen-bond acceptors (Lipinski definition) is 3. The molecule has 2 rings (SSSR count). The van der Waals surface area contributed by atoms with Crippen LogP contribution in [-0.4, -0.2) is 55.0 Å². The van der Waals surface area contributed by atoms with Gasteiger partial charge in [0.05, 0.1) is 6.54 Å². The molecule has 2 aliphatic rings. The molecule has 0 aromatic heterocycles. The Morgan fingerprint density at radius 2 is 1.46 bits per heavy atom. The average Bonchev–Trinajstić information content (AvgIpc) is 2.57. The molecule has 2 fully saturated rings. The van der Waals surface area contributed by atoms with Crippen LogP contribution >= 0.6 is 0 Å². The SMILES string of the molecule is CC.CC.CC(C)CN1CCC2(CC1)CN(C(=O)CN)C2.CCC. The van der Waals surface area contributed by atoms with Crippen molar-refractivity contribution in [3.63, 3.8) is 0 Å². The van der Waals surface area contributed by atoms with Crippen molar-refractivity contribution >= 4 is 5.91 Å². The lowest BCUT2D eigenvalue weighted by atomic mass is 9.72. The van der Waals surface area contributed by atoms with Crippen LogP contribution in [0.2, 0.25) is 0 Å². The second-order valence-corrected chi connectivity index (χ2v) is 6.86. The van der Waals surface area contributed by atoms with E-state index < -0.39 is 0 Å². The second-order valence-electron chi connectivity index (χ2n) is 6.86. The van der Waals surface area contributed by atoms with Crippen LogP contribution < -0.4 is 5.73 Å². The third kappa shape index (κ3) is 9.03. The maximum Gasteiger partial charge on any atom is 0.236 e. The van der Waals surface area contributed by atoms with Crippen LogP contribution in [0.15, 0.2) is 0 Å². The Balaban J connectivity index is 0. The van der Waals surface area contributed by atoms with Gasteiger partial charge in [-0.05, 0) is 31.8 Å². The number of carbonyl (C=O) groups excluding carboxylic acids is 1. The molecule has 0 unspecified atom stereocenters. The van der Waals surface area contributed by atoms with Gasteiger partial charge in [0.1, 0.15) is 0 Å². The van der Waals surface area contributed by atoms with Crippen molar-refractivity contribution in [2.24, 2.45) is 17.1 Å². The lowest BCUT2D eigenvalue weighted by Crippen LogP contribution is -2.62. The molecule has 0 aromatic rings. The normalized spacial score (nSPS) is 18.3. The van der Waals surface area contributed by atoms with Crippen molar-refractivity contribution < 1.29 is 4.79 Å². The van der Waals surface area contributed by atoms with Crippen molar-refractivity contribution in [2.75, 3.05) is 39.3 Å². The minimum atomic E-state index is 0.111. The minimum absolute atomic E-state index is 0.111. The monoisotopic (exact) mass is 343 g/mol. The van der Waals surface area contributed by atoms with E-state index in [0.717, 1.165) is 19.0 Å². The van der Waals surface area contributed by atoms with Gasteiger partial charge in [0, 0.05) is 25.0 Å².